The van der Waals surface area contributed by atoms with Gasteiger partial charge in [-0.2, -0.15) is 0 Å². The minimum absolute atomic E-state index is 0.0301. The number of nitrogens with one attached hydrogen (secondary N) is 1. The Kier molecular flexibility index (Phi) is 4.42. The van der Waals surface area contributed by atoms with E-state index < -0.39 is 0 Å². The van der Waals surface area contributed by atoms with Crippen LogP contribution in [0.2, 0.25) is 0 Å². The van der Waals surface area contributed by atoms with Crippen molar-refractivity contribution in [3.8, 4) is 5.69 Å². The first-order valence-electron chi connectivity index (χ1n) is 8.86. The molecule has 0 saturated heterocycles. The molecule has 0 bridgehead atoms. The van der Waals surface area contributed by atoms with Crippen molar-refractivity contribution in [1.82, 2.24) is 14.5 Å². The standard InChI is InChI=1S/C22H20N4O/c1-15-5-9-18(10-6-15)25-21(27)14-17-7-11-19(12-8-17)26-16(2)24-20-4-3-13-23-22(20)26/h3-13H,14H2,1-2H3,(H,25,27). The summed E-state index contributed by atoms with van der Waals surface area (Å²) >= 11 is 0. The second-order valence-corrected chi connectivity index (χ2v) is 6.60. The Hall–Kier alpha value is -3.47. The van der Waals surface area contributed by atoms with Crippen LogP contribution in [-0.4, -0.2) is 20.4 Å². The molecule has 0 radical (unpaired) electrons. The molecule has 0 atom stereocenters. The number of benzene rings is 2. The first-order valence-corrected chi connectivity index (χ1v) is 8.86. The summed E-state index contributed by atoms with van der Waals surface area (Å²) in [5.41, 5.74) is 5.63. The van der Waals surface area contributed by atoms with Crippen LogP contribution in [-0.2, 0) is 11.2 Å². The van der Waals surface area contributed by atoms with Crippen LogP contribution in [0.25, 0.3) is 16.9 Å². The molecule has 1 N–H and O–H groups in total. The normalized spacial score (nSPS) is 10.9. The lowest BCUT2D eigenvalue weighted by atomic mass is 10.1. The highest BCUT2D eigenvalue weighted by molar-refractivity contribution is 5.92. The highest BCUT2D eigenvalue weighted by Gasteiger charge is 2.10. The summed E-state index contributed by atoms with van der Waals surface area (Å²) in [6.07, 6.45) is 2.10. The molecule has 4 aromatic rings. The lowest BCUT2D eigenvalue weighted by Gasteiger charge is -2.09. The van der Waals surface area contributed by atoms with E-state index in [-0.39, 0.29) is 5.91 Å². The van der Waals surface area contributed by atoms with Crippen molar-refractivity contribution in [2.75, 3.05) is 5.32 Å². The zero-order valence-electron chi connectivity index (χ0n) is 15.3. The lowest BCUT2D eigenvalue weighted by molar-refractivity contribution is -0.115. The van der Waals surface area contributed by atoms with E-state index in [0.717, 1.165) is 33.9 Å². The molecule has 0 unspecified atom stereocenters. The Morgan fingerprint density at radius 1 is 1.00 bits per heavy atom. The van der Waals surface area contributed by atoms with Gasteiger partial charge in [-0.15, -0.1) is 0 Å². The minimum atomic E-state index is -0.0301. The summed E-state index contributed by atoms with van der Waals surface area (Å²) in [7, 11) is 0. The van der Waals surface area contributed by atoms with E-state index in [1.807, 2.05) is 79.1 Å². The van der Waals surface area contributed by atoms with Gasteiger partial charge in [-0.25, -0.2) is 9.97 Å². The quantitative estimate of drug-likeness (QED) is 0.596. The van der Waals surface area contributed by atoms with Crippen molar-refractivity contribution < 1.29 is 4.79 Å². The molecular formula is C22H20N4O. The van der Waals surface area contributed by atoms with E-state index in [2.05, 4.69) is 15.3 Å². The van der Waals surface area contributed by atoms with Crippen LogP contribution in [0.15, 0.2) is 66.9 Å². The van der Waals surface area contributed by atoms with E-state index >= 15 is 0 Å². The van der Waals surface area contributed by atoms with Gasteiger partial charge in [0.25, 0.3) is 0 Å². The number of amides is 1. The van der Waals surface area contributed by atoms with Gasteiger partial charge in [0.2, 0.25) is 5.91 Å². The first kappa shape index (κ1) is 17.0. The van der Waals surface area contributed by atoms with E-state index in [9.17, 15) is 4.79 Å². The number of nitrogens with zero attached hydrogens (tertiary/aromatic N) is 3. The van der Waals surface area contributed by atoms with Gasteiger partial charge in [-0.1, -0.05) is 29.8 Å². The maximum absolute atomic E-state index is 12.3. The van der Waals surface area contributed by atoms with Gasteiger partial charge >= 0.3 is 0 Å². The molecule has 5 heteroatoms. The maximum Gasteiger partial charge on any atom is 0.228 e. The minimum Gasteiger partial charge on any atom is -0.326 e. The van der Waals surface area contributed by atoms with Crippen LogP contribution in [0.5, 0.6) is 0 Å². The molecule has 0 aliphatic carbocycles. The van der Waals surface area contributed by atoms with Gasteiger partial charge < -0.3 is 5.32 Å². The fourth-order valence-electron chi connectivity index (χ4n) is 3.13. The van der Waals surface area contributed by atoms with Crippen LogP contribution >= 0.6 is 0 Å². The highest BCUT2D eigenvalue weighted by atomic mass is 16.1. The predicted molar refractivity (Wildman–Crippen MR) is 107 cm³/mol. The zero-order chi connectivity index (χ0) is 18.8. The van der Waals surface area contributed by atoms with Crippen LogP contribution in [0.1, 0.15) is 17.0 Å². The molecule has 2 aromatic heterocycles. The van der Waals surface area contributed by atoms with Gasteiger partial charge in [0.15, 0.2) is 5.65 Å². The Morgan fingerprint density at radius 3 is 2.48 bits per heavy atom. The van der Waals surface area contributed by atoms with Gasteiger partial charge in [0.05, 0.1) is 6.42 Å². The van der Waals surface area contributed by atoms with Crippen molar-refractivity contribution in [2.45, 2.75) is 20.3 Å². The van der Waals surface area contributed by atoms with Crippen molar-refractivity contribution in [1.29, 1.82) is 0 Å². The van der Waals surface area contributed by atoms with Crippen molar-refractivity contribution >= 4 is 22.8 Å². The van der Waals surface area contributed by atoms with Crippen LogP contribution in [0, 0.1) is 13.8 Å². The molecule has 2 aromatic carbocycles. The van der Waals surface area contributed by atoms with E-state index in [0.29, 0.717) is 6.42 Å². The number of hydrogen-bond acceptors (Lipinski definition) is 3. The third-order valence-electron chi connectivity index (χ3n) is 4.48. The van der Waals surface area contributed by atoms with Crippen LogP contribution < -0.4 is 5.32 Å². The number of pyridine rings is 1. The summed E-state index contributed by atoms with van der Waals surface area (Å²) in [6.45, 7) is 3.98. The Morgan fingerprint density at radius 2 is 1.74 bits per heavy atom. The summed E-state index contributed by atoms with van der Waals surface area (Å²) in [5, 5.41) is 2.93. The average Bonchev–Trinajstić information content (AvgIpc) is 3.00. The van der Waals surface area contributed by atoms with Crippen LogP contribution in [0.3, 0.4) is 0 Å². The third-order valence-corrected chi connectivity index (χ3v) is 4.48. The Bertz CT molecular complexity index is 1100. The van der Waals surface area contributed by atoms with E-state index in [1.165, 1.54) is 5.56 Å². The average molecular weight is 356 g/mol. The van der Waals surface area contributed by atoms with Gasteiger partial charge in [-0.05, 0) is 55.8 Å². The molecule has 0 aliphatic rings. The van der Waals surface area contributed by atoms with Gasteiger partial charge in [-0.3, -0.25) is 9.36 Å². The fourth-order valence-corrected chi connectivity index (χ4v) is 3.13. The first-order chi connectivity index (χ1) is 13.1. The monoisotopic (exact) mass is 356 g/mol. The number of carbonyl (C=O) groups excluding carboxylic acids is 1. The lowest BCUT2D eigenvalue weighted by Crippen LogP contribution is -2.14. The maximum atomic E-state index is 12.3. The molecular weight excluding hydrogens is 336 g/mol. The van der Waals surface area contributed by atoms with Gasteiger partial charge in [0.1, 0.15) is 11.3 Å². The zero-order valence-corrected chi connectivity index (χ0v) is 15.3. The highest BCUT2D eigenvalue weighted by Crippen LogP contribution is 2.20. The number of carbonyl (C=O) groups is 1. The molecule has 0 spiro atoms. The third kappa shape index (κ3) is 3.58. The topological polar surface area (TPSA) is 59.8 Å². The number of anilines is 1. The molecule has 2 heterocycles. The molecule has 1 amide bonds. The fraction of sp³-hybridized carbons (Fsp3) is 0.136. The molecule has 0 fully saturated rings. The molecule has 27 heavy (non-hydrogen) atoms. The largest absolute Gasteiger partial charge is 0.326 e. The molecule has 134 valence electrons. The van der Waals surface area contributed by atoms with E-state index in [4.69, 9.17) is 0 Å². The number of rotatable bonds is 4. The van der Waals surface area contributed by atoms with Crippen molar-refractivity contribution in [2.24, 2.45) is 0 Å². The van der Waals surface area contributed by atoms with Crippen molar-refractivity contribution in [3.05, 3.63) is 83.8 Å². The molecule has 5 nitrogen and oxygen atoms in total. The number of hydrogen-bond donors (Lipinski definition) is 1. The smallest absolute Gasteiger partial charge is 0.228 e. The Balaban J connectivity index is 1.51. The summed E-state index contributed by atoms with van der Waals surface area (Å²) in [5.74, 6) is 0.853. The number of aromatic nitrogens is 3. The number of aryl methyl sites for hydroxylation is 2. The summed E-state index contributed by atoms with van der Waals surface area (Å²) in [6, 6.07) is 19.6. The molecule has 0 aliphatic heterocycles. The summed E-state index contributed by atoms with van der Waals surface area (Å²) < 4.78 is 2.02. The van der Waals surface area contributed by atoms with Crippen molar-refractivity contribution in [3.63, 3.8) is 0 Å². The van der Waals surface area contributed by atoms with E-state index in [1.54, 1.807) is 6.20 Å². The second-order valence-electron chi connectivity index (χ2n) is 6.60. The molecule has 4 rings (SSSR count). The SMILES string of the molecule is Cc1ccc(NC(=O)Cc2ccc(-n3c(C)nc4cccnc43)cc2)cc1. The number of imidazole rings is 1. The van der Waals surface area contributed by atoms with Gasteiger partial charge in [0, 0.05) is 17.6 Å². The number of fused-ring (bicyclic) bond motifs is 1. The van der Waals surface area contributed by atoms with Crippen LogP contribution in [0.4, 0.5) is 5.69 Å². The summed E-state index contributed by atoms with van der Waals surface area (Å²) in [4.78, 5) is 21.3. The molecule has 0 saturated carbocycles. The second kappa shape index (κ2) is 7.03. The predicted octanol–water partition coefficient (Wildman–Crippen LogP) is 4.22. The Labute approximate surface area is 157 Å².